The van der Waals surface area contributed by atoms with Crippen molar-refractivity contribution in [3.63, 3.8) is 0 Å². The Morgan fingerprint density at radius 3 is 2.66 bits per heavy atom. The van der Waals surface area contributed by atoms with Gasteiger partial charge in [0.15, 0.2) is 0 Å². The monoisotopic (exact) mass is 519 g/mol. The van der Waals surface area contributed by atoms with Crippen LogP contribution in [-0.4, -0.2) is 78.3 Å². The Bertz CT molecular complexity index is 1460. The molecule has 0 radical (unpaired) electrons. The summed E-state index contributed by atoms with van der Waals surface area (Å²) in [5.74, 6) is 0.275. The van der Waals surface area contributed by atoms with Crippen LogP contribution in [-0.2, 0) is 11.8 Å². The fourth-order valence-corrected chi connectivity index (χ4v) is 5.01. The number of hydrogen-bond donors (Lipinski definition) is 2. The molecular weight excluding hydrogens is 486 g/mol. The molecule has 1 saturated heterocycles. The first-order chi connectivity index (χ1) is 18.4. The van der Waals surface area contributed by atoms with E-state index in [0.717, 1.165) is 29.5 Å². The van der Waals surface area contributed by atoms with Gasteiger partial charge in [-0.25, -0.2) is 4.98 Å². The first-order valence-electron chi connectivity index (χ1n) is 12.6. The van der Waals surface area contributed by atoms with Gasteiger partial charge in [0, 0.05) is 79.9 Å². The van der Waals surface area contributed by atoms with Crippen LogP contribution in [0.4, 0.5) is 11.4 Å². The fraction of sp³-hybridized carbons (Fsp3) is 0.407. The summed E-state index contributed by atoms with van der Waals surface area (Å²) < 4.78 is 18.0. The molecule has 3 heterocycles. The molecule has 200 valence electrons. The predicted molar refractivity (Wildman–Crippen MR) is 146 cm³/mol. The van der Waals surface area contributed by atoms with Crippen molar-refractivity contribution in [1.82, 2.24) is 25.1 Å². The van der Waals surface area contributed by atoms with Gasteiger partial charge in [-0.15, -0.1) is 0 Å². The largest absolute Gasteiger partial charge is 0.489 e. The molecule has 1 aliphatic heterocycles. The zero-order valence-electron chi connectivity index (χ0n) is 22.3. The fourth-order valence-electron chi connectivity index (χ4n) is 5.01. The van der Waals surface area contributed by atoms with Crippen LogP contribution >= 0.6 is 0 Å². The Kier molecular flexibility index (Phi) is 7.30. The molecule has 11 nitrogen and oxygen atoms in total. The van der Waals surface area contributed by atoms with E-state index in [1.165, 1.54) is 7.11 Å². The molecule has 1 amide bonds. The van der Waals surface area contributed by atoms with Gasteiger partial charge in [-0.2, -0.15) is 10.1 Å². The lowest BCUT2D eigenvalue weighted by molar-refractivity contribution is 0.102. The molecule has 1 aliphatic rings. The SMILES string of the molecule is COCCOc1cc(NC(=O)c2ccc(N3CC(C)NC(C)C3)c3cnc(OC)nc23)cc2cn(C)nc12. The molecule has 38 heavy (non-hydrogen) atoms. The molecule has 0 spiro atoms. The summed E-state index contributed by atoms with van der Waals surface area (Å²) in [4.78, 5) is 24.9. The summed E-state index contributed by atoms with van der Waals surface area (Å²) in [6.07, 6.45) is 3.61. The highest BCUT2D eigenvalue weighted by Crippen LogP contribution is 2.32. The highest BCUT2D eigenvalue weighted by Gasteiger charge is 2.25. The van der Waals surface area contributed by atoms with Gasteiger partial charge in [0.2, 0.25) is 0 Å². The molecule has 2 N–H and O–H groups in total. The summed E-state index contributed by atoms with van der Waals surface area (Å²) in [6, 6.07) is 8.31. The lowest BCUT2D eigenvalue weighted by Crippen LogP contribution is -2.54. The van der Waals surface area contributed by atoms with Crippen LogP contribution in [0.2, 0.25) is 0 Å². The molecule has 0 bridgehead atoms. The average molecular weight is 520 g/mol. The van der Waals surface area contributed by atoms with E-state index in [-0.39, 0.29) is 11.9 Å². The maximum absolute atomic E-state index is 13.6. The number of benzene rings is 2. The molecule has 11 heteroatoms. The summed E-state index contributed by atoms with van der Waals surface area (Å²) in [7, 11) is 4.98. The minimum atomic E-state index is -0.296. The number of piperazine rings is 1. The number of ether oxygens (including phenoxy) is 3. The van der Waals surface area contributed by atoms with Crippen molar-refractivity contribution in [2.24, 2.45) is 7.05 Å². The number of carbonyl (C=O) groups excluding carboxylic acids is 1. The molecule has 1 fully saturated rings. The van der Waals surface area contributed by atoms with Crippen LogP contribution in [0.3, 0.4) is 0 Å². The highest BCUT2D eigenvalue weighted by atomic mass is 16.5. The zero-order valence-corrected chi connectivity index (χ0v) is 22.3. The smallest absolute Gasteiger partial charge is 0.316 e. The van der Waals surface area contributed by atoms with Crippen molar-refractivity contribution in [2.75, 3.05) is 50.7 Å². The first kappa shape index (κ1) is 25.7. The lowest BCUT2D eigenvalue weighted by Gasteiger charge is -2.38. The Morgan fingerprint density at radius 2 is 1.92 bits per heavy atom. The van der Waals surface area contributed by atoms with Crippen molar-refractivity contribution in [2.45, 2.75) is 25.9 Å². The van der Waals surface area contributed by atoms with E-state index in [2.05, 4.69) is 44.4 Å². The Balaban J connectivity index is 1.51. The Labute approximate surface area is 221 Å². The minimum Gasteiger partial charge on any atom is -0.489 e. The third kappa shape index (κ3) is 5.20. The third-order valence-electron chi connectivity index (χ3n) is 6.52. The second kappa shape index (κ2) is 10.8. The number of amides is 1. The number of methoxy groups -OCH3 is 2. The number of hydrogen-bond acceptors (Lipinski definition) is 9. The van der Waals surface area contributed by atoms with Gasteiger partial charge >= 0.3 is 6.01 Å². The molecular formula is C27H33N7O4. The van der Waals surface area contributed by atoms with Gasteiger partial charge in [0.25, 0.3) is 5.91 Å². The first-order valence-corrected chi connectivity index (χ1v) is 12.6. The topological polar surface area (TPSA) is 116 Å². The van der Waals surface area contributed by atoms with Crippen LogP contribution in [0, 0.1) is 0 Å². The maximum Gasteiger partial charge on any atom is 0.316 e. The minimum absolute atomic E-state index is 0.205. The van der Waals surface area contributed by atoms with E-state index in [1.807, 2.05) is 31.4 Å². The van der Waals surface area contributed by atoms with E-state index in [0.29, 0.717) is 53.3 Å². The van der Waals surface area contributed by atoms with Crippen LogP contribution in [0.1, 0.15) is 24.2 Å². The van der Waals surface area contributed by atoms with E-state index < -0.39 is 0 Å². The number of carbonyl (C=O) groups is 1. The van der Waals surface area contributed by atoms with Gasteiger partial charge in [-0.3, -0.25) is 9.48 Å². The standard InChI is InChI=1S/C27H33N7O4/c1-16-13-34(14-17(2)29-16)22-7-6-20(25-21(22)12-28-27(31-25)37-5)26(35)30-19-10-18-15-33(3)32-24(18)23(11-19)38-9-8-36-4/h6-7,10-12,15-17,29H,8-9,13-14H2,1-5H3,(H,30,35). The number of nitrogens with one attached hydrogen (secondary N) is 2. The predicted octanol–water partition coefficient (Wildman–Crippen LogP) is 2.99. The molecule has 2 aromatic heterocycles. The van der Waals surface area contributed by atoms with Crippen LogP contribution in [0.25, 0.3) is 21.8 Å². The van der Waals surface area contributed by atoms with Crippen molar-refractivity contribution in [3.8, 4) is 11.8 Å². The third-order valence-corrected chi connectivity index (χ3v) is 6.52. The Morgan fingerprint density at radius 1 is 1.13 bits per heavy atom. The van der Waals surface area contributed by atoms with Crippen LogP contribution in [0.15, 0.2) is 36.7 Å². The number of rotatable bonds is 8. The van der Waals surface area contributed by atoms with E-state index in [1.54, 1.807) is 24.1 Å². The molecule has 2 aromatic carbocycles. The summed E-state index contributed by atoms with van der Waals surface area (Å²) >= 11 is 0. The Hall–Kier alpha value is -3.96. The van der Waals surface area contributed by atoms with Gasteiger partial charge in [0.05, 0.1) is 24.8 Å². The van der Waals surface area contributed by atoms with Gasteiger partial charge in [0.1, 0.15) is 17.9 Å². The summed E-state index contributed by atoms with van der Waals surface area (Å²) in [5, 5.41) is 12.7. The van der Waals surface area contributed by atoms with Crippen molar-refractivity contribution >= 4 is 39.1 Å². The maximum atomic E-state index is 13.6. The lowest BCUT2D eigenvalue weighted by atomic mass is 10.0. The van der Waals surface area contributed by atoms with Crippen molar-refractivity contribution < 1.29 is 19.0 Å². The van der Waals surface area contributed by atoms with Gasteiger partial charge < -0.3 is 29.7 Å². The summed E-state index contributed by atoms with van der Waals surface area (Å²) in [6.45, 7) is 6.82. The van der Waals surface area contributed by atoms with E-state index in [9.17, 15) is 4.79 Å². The second-order valence-electron chi connectivity index (χ2n) is 9.64. The number of anilines is 2. The van der Waals surface area contributed by atoms with Crippen molar-refractivity contribution in [3.05, 3.63) is 42.2 Å². The van der Waals surface area contributed by atoms with Gasteiger partial charge in [-0.1, -0.05) is 0 Å². The molecule has 4 aromatic rings. The molecule has 0 saturated carbocycles. The molecule has 2 atom stereocenters. The molecule has 5 rings (SSSR count). The number of nitrogens with zero attached hydrogens (tertiary/aromatic N) is 5. The average Bonchev–Trinajstić information content (AvgIpc) is 3.27. The summed E-state index contributed by atoms with van der Waals surface area (Å²) in [5.41, 5.74) is 3.25. The normalized spacial score (nSPS) is 17.7. The highest BCUT2D eigenvalue weighted by molar-refractivity contribution is 6.14. The number of fused-ring (bicyclic) bond motifs is 2. The van der Waals surface area contributed by atoms with Gasteiger partial charge in [-0.05, 0) is 32.0 Å². The van der Waals surface area contributed by atoms with E-state index in [4.69, 9.17) is 14.2 Å². The number of aromatic nitrogens is 4. The van der Waals surface area contributed by atoms with Crippen LogP contribution in [0.5, 0.6) is 11.8 Å². The number of aryl methyl sites for hydroxylation is 1. The van der Waals surface area contributed by atoms with Crippen molar-refractivity contribution in [1.29, 1.82) is 0 Å². The molecule has 0 aliphatic carbocycles. The zero-order chi connectivity index (χ0) is 26.8. The molecule has 2 unspecified atom stereocenters. The second-order valence-corrected chi connectivity index (χ2v) is 9.64. The van der Waals surface area contributed by atoms with E-state index >= 15 is 0 Å². The van der Waals surface area contributed by atoms with Crippen LogP contribution < -0.4 is 25.0 Å². The quantitative estimate of drug-likeness (QED) is 0.339.